The van der Waals surface area contributed by atoms with Gasteiger partial charge in [0, 0.05) is 30.7 Å². The number of pyridine rings is 1. The zero-order valence-corrected chi connectivity index (χ0v) is 23.4. The molecule has 3 aromatic heterocycles. The second-order valence-electron chi connectivity index (χ2n) is 11.1. The third kappa shape index (κ3) is 5.23. The van der Waals surface area contributed by atoms with E-state index in [2.05, 4.69) is 46.5 Å². The molecule has 6 rings (SSSR count). The van der Waals surface area contributed by atoms with Crippen molar-refractivity contribution < 1.29 is 4.39 Å². The number of fused-ring (bicyclic) bond motifs is 1. The van der Waals surface area contributed by atoms with Gasteiger partial charge in [-0.1, -0.05) is 32.3 Å². The minimum absolute atomic E-state index is 0.231. The highest BCUT2D eigenvalue weighted by molar-refractivity contribution is 7.14. The lowest BCUT2D eigenvalue weighted by Gasteiger charge is -2.35. The van der Waals surface area contributed by atoms with Crippen LogP contribution in [0.15, 0.2) is 48.0 Å². The van der Waals surface area contributed by atoms with E-state index < -0.39 is 0 Å². The van der Waals surface area contributed by atoms with E-state index in [1.807, 2.05) is 5.38 Å². The van der Waals surface area contributed by atoms with Gasteiger partial charge in [0.1, 0.15) is 17.3 Å². The molecule has 0 unspecified atom stereocenters. The van der Waals surface area contributed by atoms with E-state index in [4.69, 9.17) is 9.97 Å². The maximum absolute atomic E-state index is 13.4. The van der Waals surface area contributed by atoms with E-state index in [0.717, 1.165) is 45.9 Å². The second-order valence-corrected chi connectivity index (χ2v) is 11.9. The number of aryl methyl sites for hydroxylation is 1. The van der Waals surface area contributed by atoms with E-state index in [1.54, 1.807) is 23.5 Å². The topological polar surface area (TPSA) is 36.7 Å². The van der Waals surface area contributed by atoms with Gasteiger partial charge in [-0.2, -0.15) is 0 Å². The van der Waals surface area contributed by atoms with E-state index in [-0.39, 0.29) is 5.82 Å². The van der Waals surface area contributed by atoms with Crippen LogP contribution in [0.4, 0.5) is 15.3 Å². The Morgan fingerprint density at radius 3 is 2.47 bits per heavy atom. The van der Waals surface area contributed by atoms with Crippen LogP contribution in [-0.2, 0) is 6.42 Å². The molecule has 2 fully saturated rings. The SMILES string of the molecule is CCc1nc2ccc(C3CCN(CC4CCCCC4)CC3)cn2c1N(C)c1nc(-c2ccc(F)cc2)cs1. The molecule has 0 spiro atoms. The van der Waals surface area contributed by atoms with Gasteiger partial charge in [-0.25, -0.2) is 14.4 Å². The summed E-state index contributed by atoms with van der Waals surface area (Å²) < 4.78 is 15.7. The Hall–Kier alpha value is -2.77. The van der Waals surface area contributed by atoms with Crippen LogP contribution in [0.3, 0.4) is 0 Å². The molecule has 4 heterocycles. The summed E-state index contributed by atoms with van der Waals surface area (Å²) in [6.07, 6.45) is 12.8. The number of piperidine rings is 1. The van der Waals surface area contributed by atoms with Crippen LogP contribution in [0.25, 0.3) is 16.9 Å². The van der Waals surface area contributed by atoms with Crippen molar-refractivity contribution >= 4 is 27.9 Å². The van der Waals surface area contributed by atoms with Gasteiger partial charge in [0.05, 0.1) is 11.4 Å². The first kappa shape index (κ1) is 25.5. The molecule has 1 aromatic carbocycles. The lowest BCUT2D eigenvalue weighted by Crippen LogP contribution is -2.37. The molecule has 0 bridgehead atoms. The van der Waals surface area contributed by atoms with Gasteiger partial charge in [-0.3, -0.25) is 4.40 Å². The lowest BCUT2D eigenvalue weighted by molar-refractivity contribution is 0.164. The number of imidazole rings is 1. The molecule has 0 radical (unpaired) electrons. The van der Waals surface area contributed by atoms with Crippen LogP contribution in [0.1, 0.15) is 69.0 Å². The summed E-state index contributed by atoms with van der Waals surface area (Å²) in [6, 6.07) is 11.0. The predicted molar refractivity (Wildman–Crippen MR) is 155 cm³/mol. The molecule has 7 heteroatoms. The Morgan fingerprint density at radius 2 is 1.74 bits per heavy atom. The molecule has 1 saturated heterocycles. The average Bonchev–Trinajstić information content (AvgIpc) is 3.59. The fourth-order valence-corrected chi connectivity index (χ4v) is 7.18. The van der Waals surface area contributed by atoms with Gasteiger partial charge in [-0.15, -0.1) is 11.3 Å². The van der Waals surface area contributed by atoms with Crippen molar-refractivity contribution in [3.05, 3.63) is 65.0 Å². The molecule has 38 heavy (non-hydrogen) atoms. The highest BCUT2D eigenvalue weighted by atomic mass is 32.1. The molecule has 200 valence electrons. The molecule has 2 aliphatic rings. The van der Waals surface area contributed by atoms with Gasteiger partial charge in [0.25, 0.3) is 0 Å². The standard InChI is InChI=1S/C31H38FN5S/c1-3-27-30(35(2)31-34-28(21-38-31)24-9-12-26(32)13-10-24)37-20-25(11-14-29(37)33-27)23-15-17-36(18-16-23)19-22-7-5-4-6-8-22/h9-14,20-23H,3-8,15-19H2,1-2H3. The summed E-state index contributed by atoms with van der Waals surface area (Å²) >= 11 is 1.60. The molecule has 1 saturated carbocycles. The number of aromatic nitrogens is 3. The summed E-state index contributed by atoms with van der Waals surface area (Å²) in [5.74, 6) is 2.37. The summed E-state index contributed by atoms with van der Waals surface area (Å²) in [4.78, 5) is 14.7. The van der Waals surface area contributed by atoms with Crippen LogP contribution in [0.5, 0.6) is 0 Å². The van der Waals surface area contributed by atoms with Crippen LogP contribution in [-0.4, -0.2) is 46.0 Å². The maximum Gasteiger partial charge on any atom is 0.191 e. The van der Waals surface area contributed by atoms with Gasteiger partial charge >= 0.3 is 0 Å². The Balaban J connectivity index is 1.21. The molecule has 0 atom stereocenters. The molecular weight excluding hydrogens is 493 g/mol. The van der Waals surface area contributed by atoms with Crippen LogP contribution in [0.2, 0.25) is 0 Å². The third-order valence-corrected chi connectivity index (χ3v) is 9.47. The molecule has 5 nitrogen and oxygen atoms in total. The average molecular weight is 532 g/mol. The van der Waals surface area contributed by atoms with Crippen molar-refractivity contribution in [2.75, 3.05) is 31.6 Å². The first-order chi connectivity index (χ1) is 18.6. The first-order valence-corrected chi connectivity index (χ1v) is 15.2. The Kier molecular flexibility index (Phi) is 7.48. The quantitative estimate of drug-likeness (QED) is 0.245. The monoisotopic (exact) mass is 531 g/mol. The first-order valence-electron chi connectivity index (χ1n) is 14.3. The van der Waals surface area contributed by atoms with Crippen molar-refractivity contribution in [2.45, 2.75) is 64.2 Å². The molecule has 1 aliphatic carbocycles. The summed E-state index contributed by atoms with van der Waals surface area (Å²) in [5, 5.41) is 2.95. The smallest absolute Gasteiger partial charge is 0.191 e. The van der Waals surface area contributed by atoms with Crippen molar-refractivity contribution in [3.8, 4) is 11.3 Å². The molecule has 0 N–H and O–H groups in total. The highest BCUT2D eigenvalue weighted by Crippen LogP contribution is 2.36. The minimum atomic E-state index is -0.231. The minimum Gasteiger partial charge on any atom is -0.305 e. The van der Waals surface area contributed by atoms with Crippen molar-refractivity contribution in [2.24, 2.45) is 5.92 Å². The number of nitrogens with zero attached hydrogens (tertiary/aromatic N) is 5. The number of anilines is 2. The summed E-state index contributed by atoms with van der Waals surface area (Å²) in [6.45, 7) is 5.88. The summed E-state index contributed by atoms with van der Waals surface area (Å²) in [5.41, 5.74) is 5.26. The Morgan fingerprint density at radius 1 is 0.974 bits per heavy atom. The Bertz CT molecular complexity index is 1360. The molecular formula is C31H38FN5S. The zero-order valence-electron chi connectivity index (χ0n) is 22.6. The van der Waals surface area contributed by atoms with Crippen molar-refractivity contribution in [1.82, 2.24) is 19.3 Å². The van der Waals surface area contributed by atoms with E-state index in [0.29, 0.717) is 5.92 Å². The molecule has 0 amide bonds. The zero-order chi connectivity index (χ0) is 26.1. The normalized spacial score (nSPS) is 17.9. The Labute approximate surface area is 229 Å². The molecule has 4 aromatic rings. The van der Waals surface area contributed by atoms with E-state index in [1.165, 1.54) is 82.3 Å². The lowest BCUT2D eigenvalue weighted by atomic mass is 9.87. The third-order valence-electron chi connectivity index (χ3n) is 8.56. The second kappa shape index (κ2) is 11.1. The fraction of sp³-hybridized carbons (Fsp3) is 0.484. The number of thiazole rings is 1. The van der Waals surface area contributed by atoms with Gasteiger partial charge in [-0.05, 0) is 92.9 Å². The van der Waals surface area contributed by atoms with Crippen LogP contribution < -0.4 is 4.90 Å². The van der Waals surface area contributed by atoms with Crippen molar-refractivity contribution in [3.63, 3.8) is 0 Å². The maximum atomic E-state index is 13.4. The number of likely N-dealkylation sites (tertiary alicyclic amines) is 1. The number of benzene rings is 1. The van der Waals surface area contributed by atoms with E-state index in [9.17, 15) is 4.39 Å². The number of hydrogen-bond donors (Lipinski definition) is 0. The predicted octanol–water partition coefficient (Wildman–Crippen LogP) is 7.69. The van der Waals surface area contributed by atoms with Crippen LogP contribution in [0, 0.1) is 11.7 Å². The summed E-state index contributed by atoms with van der Waals surface area (Å²) in [7, 11) is 2.08. The van der Waals surface area contributed by atoms with Gasteiger partial charge in [0.2, 0.25) is 0 Å². The van der Waals surface area contributed by atoms with E-state index >= 15 is 0 Å². The number of halogens is 1. The van der Waals surface area contributed by atoms with Gasteiger partial charge < -0.3 is 9.80 Å². The highest BCUT2D eigenvalue weighted by Gasteiger charge is 2.25. The number of hydrogen-bond acceptors (Lipinski definition) is 5. The fourth-order valence-electron chi connectivity index (χ4n) is 6.38. The molecule has 1 aliphatic heterocycles. The number of rotatable bonds is 7. The van der Waals surface area contributed by atoms with Gasteiger partial charge in [0.15, 0.2) is 5.13 Å². The largest absolute Gasteiger partial charge is 0.305 e. The van der Waals surface area contributed by atoms with Crippen LogP contribution >= 0.6 is 11.3 Å². The van der Waals surface area contributed by atoms with Crippen molar-refractivity contribution in [1.29, 1.82) is 0 Å².